The number of nitrogens with one attached hydrogen (secondary N) is 1. The first-order valence-electron chi connectivity index (χ1n) is 11.0. The van der Waals surface area contributed by atoms with Gasteiger partial charge in [0.25, 0.3) is 5.91 Å². The summed E-state index contributed by atoms with van der Waals surface area (Å²) >= 11 is 0. The van der Waals surface area contributed by atoms with Crippen molar-refractivity contribution < 1.29 is 13.9 Å². The highest BCUT2D eigenvalue weighted by Crippen LogP contribution is 2.24. The molecule has 1 amide bonds. The quantitative estimate of drug-likeness (QED) is 0.382. The third-order valence-corrected chi connectivity index (χ3v) is 5.30. The summed E-state index contributed by atoms with van der Waals surface area (Å²) in [5.74, 6) is 1.66. The standard InChI is InChI=1S/C27H29N3O3/c1-19-6-5-7-20(16-19)17-30-15-14-25(29-30)28-26(31)24-13-12-23(33-24)18-32-22-10-8-21(9-11-22)27(2,3)4/h5-16H,17-18H2,1-4H3,(H,28,29,31). The molecule has 6 heteroatoms. The second-order valence-corrected chi connectivity index (χ2v) is 9.17. The highest BCUT2D eigenvalue weighted by atomic mass is 16.5. The van der Waals surface area contributed by atoms with E-state index >= 15 is 0 Å². The van der Waals surface area contributed by atoms with Crippen molar-refractivity contribution in [3.05, 3.63) is 101 Å². The fourth-order valence-electron chi connectivity index (χ4n) is 3.48. The van der Waals surface area contributed by atoms with Crippen molar-refractivity contribution in [1.82, 2.24) is 9.78 Å². The highest BCUT2D eigenvalue weighted by molar-refractivity contribution is 6.01. The Kier molecular flexibility index (Phi) is 6.36. The molecule has 2 aromatic heterocycles. The first-order valence-corrected chi connectivity index (χ1v) is 11.0. The largest absolute Gasteiger partial charge is 0.486 e. The maximum atomic E-state index is 12.6. The van der Waals surface area contributed by atoms with Gasteiger partial charge in [0.2, 0.25) is 0 Å². The molecule has 0 spiro atoms. The second kappa shape index (κ2) is 9.36. The Hall–Kier alpha value is -3.80. The molecule has 4 rings (SSSR count). The summed E-state index contributed by atoms with van der Waals surface area (Å²) in [7, 11) is 0. The van der Waals surface area contributed by atoms with E-state index in [9.17, 15) is 4.79 Å². The molecular weight excluding hydrogens is 414 g/mol. The van der Waals surface area contributed by atoms with Gasteiger partial charge in [-0.05, 0) is 47.7 Å². The Labute approximate surface area is 194 Å². The number of nitrogens with zero attached hydrogens (tertiary/aromatic N) is 2. The number of hydrogen-bond acceptors (Lipinski definition) is 4. The number of amides is 1. The number of carbonyl (C=O) groups excluding carboxylic acids is 1. The van der Waals surface area contributed by atoms with Gasteiger partial charge in [0, 0.05) is 12.3 Å². The summed E-state index contributed by atoms with van der Waals surface area (Å²) in [5.41, 5.74) is 3.69. The lowest BCUT2D eigenvalue weighted by Crippen LogP contribution is -2.12. The zero-order valence-electron chi connectivity index (χ0n) is 19.5. The van der Waals surface area contributed by atoms with Crippen LogP contribution in [0, 0.1) is 6.92 Å². The van der Waals surface area contributed by atoms with E-state index in [0.717, 1.165) is 11.3 Å². The molecule has 0 saturated carbocycles. The van der Waals surface area contributed by atoms with E-state index in [1.54, 1.807) is 22.9 Å². The summed E-state index contributed by atoms with van der Waals surface area (Å²) < 4.78 is 13.2. The molecule has 0 unspecified atom stereocenters. The average Bonchev–Trinajstić information content (AvgIpc) is 3.42. The summed E-state index contributed by atoms with van der Waals surface area (Å²) in [6.45, 7) is 9.46. The zero-order valence-corrected chi connectivity index (χ0v) is 19.5. The number of hydrogen-bond donors (Lipinski definition) is 1. The van der Waals surface area contributed by atoms with Gasteiger partial charge < -0.3 is 14.5 Å². The van der Waals surface area contributed by atoms with Crippen LogP contribution >= 0.6 is 0 Å². The molecule has 0 aliphatic rings. The molecule has 6 nitrogen and oxygen atoms in total. The minimum atomic E-state index is -0.350. The molecule has 2 aromatic carbocycles. The molecule has 0 aliphatic carbocycles. The molecule has 0 bridgehead atoms. The van der Waals surface area contributed by atoms with E-state index in [-0.39, 0.29) is 23.7 Å². The van der Waals surface area contributed by atoms with Crippen molar-refractivity contribution in [2.45, 2.75) is 46.3 Å². The van der Waals surface area contributed by atoms with Gasteiger partial charge in [-0.1, -0.05) is 62.7 Å². The first kappa shape index (κ1) is 22.4. The molecular formula is C27H29N3O3. The number of furan rings is 1. The van der Waals surface area contributed by atoms with E-state index in [1.807, 2.05) is 24.4 Å². The minimum Gasteiger partial charge on any atom is -0.486 e. The number of aromatic nitrogens is 2. The topological polar surface area (TPSA) is 69.3 Å². The number of benzene rings is 2. The first-order chi connectivity index (χ1) is 15.8. The van der Waals surface area contributed by atoms with Crippen LogP contribution in [0.1, 0.15) is 53.8 Å². The van der Waals surface area contributed by atoms with Crippen molar-refractivity contribution in [2.24, 2.45) is 0 Å². The molecule has 33 heavy (non-hydrogen) atoms. The van der Waals surface area contributed by atoms with Gasteiger partial charge in [-0.25, -0.2) is 0 Å². The average molecular weight is 444 g/mol. The molecule has 0 aliphatic heterocycles. The predicted octanol–water partition coefficient (Wildman–Crippen LogP) is 5.96. The van der Waals surface area contributed by atoms with Gasteiger partial charge in [0.1, 0.15) is 18.1 Å². The number of carbonyl (C=O) groups is 1. The fraction of sp³-hybridized carbons (Fsp3) is 0.259. The Morgan fingerprint density at radius 1 is 1.06 bits per heavy atom. The minimum absolute atomic E-state index is 0.0955. The molecule has 0 atom stereocenters. The van der Waals surface area contributed by atoms with Crippen LogP contribution in [0.25, 0.3) is 0 Å². The van der Waals surface area contributed by atoms with Gasteiger partial charge >= 0.3 is 0 Å². The number of anilines is 1. The lowest BCUT2D eigenvalue weighted by atomic mass is 9.87. The van der Waals surface area contributed by atoms with Crippen LogP contribution in [0.2, 0.25) is 0 Å². The van der Waals surface area contributed by atoms with Crippen LogP contribution in [-0.2, 0) is 18.6 Å². The summed E-state index contributed by atoms with van der Waals surface area (Å²) in [4.78, 5) is 12.6. The smallest absolute Gasteiger partial charge is 0.292 e. The molecule has 2 heterocycles. The number of rotatable bonds is 7. The molecule has 0 fully saturated rings. The fourth-order valence-corrected chi connectivity index (χ4v) is 3.48. The van der Waals surface area contributed by atoms with Gasteiger partial charge in [-0.3, -0.25) is 9.48 Å². The Balaban J connectivity index is 1.31. The summed E-state index contributed by atoms with van der Waals surface area (Å²) in [6, 6.07) is 21.4. The van der Waals surface area contributed by atoms with Gasteiger partial charge in [0.05, 0.1) is 6.54 Å². The summed E-state index contributed by atoms with van der Waals surface area (Å²) in [5, 5.41) is 7.20. The normalized spacial score (nSPS) is 11.4. The monoisotopic (exact) mass is 443 g/mol. The molecule has 0 saturated heterocycles. The lowest BCUT2D eigenvalue weighted by molar-refractivity contribution is 0.0992. The van der Waals surface area contributed by atoms with Crippen LogP contribution in [0.5, 0.6) is 5.75 Å². The maximum absolute atomic E-state index is 12.6. The maximum Gasteiger partial charge on any atom is 0.292 e. The molecule has 1 N–H and O–H groups in total. The van der Waals surface area contributed by atoms with Gasteiger partial charge in [-0.15, -0.1) is 0 Å². The van der Waals surface area contributed by atoms with E-state index in [2.05, 4.69) is 68.4 Å². The zero-order chi connectivity index (χ0) is 23.4. The van der Waals surface area contributed by atoms with Crippen molar-refractivity contribution in [3.8, 4) is 5.75 Å². The lowest BCUT2D eigenvalue weighted by Gasteiger charge is -2.19. The Morgan fingerprint density at radius 2 is 1.85 bits per heavy atom. The van der Waals surface area contributed by atoms with Crippen LogP contribution in [-0.4, -0.2) is 15.7 Å². The predicted molar refractivity (Wildman–Crippen MR) is 129 cm³/mol. The second-order valence-electron chi connectivity index (χ2n) is 9.17. The molecule has 0 radical (unpaired) electrons. The van der Waals surface area contributed by atoms with Crippen LogP contribution in [0.3, 0.4) is 0 Å². The van der Waals surface area contributed by atoms with Gasteiger partial charge in [0.15, 0.2) is 11.6 Å². The van der Waals surface area contributed by atoms with E-state index in [0.29, 0.717) is 18.1 Å². The van der Waals surface area contributed by atoms with Crippen molar-refractivity contribution in [3.63, 3.8) is 0 Å². The van der Waals surface area contributed by atoms with E-state index in [4.69, 9.17) is 9.15 Å². The number of aryl methyl sites for hydroxylation is 1. The van der Waals surface area contributed by atoms with Crippen molar-refractivity contribution >= 4 is 11.7 Å². The molecule has 4 aromatic rings. The third-order valence-electron chi connectivity index (χ3n) is 5.30. The molecule has 170 valence electrons. The van der Waals surface area contributed by atoms with E-state index in [1.165, 1.54) is 11.1 Å². The SMILES string of the molecule is Cc1cccc(Cn2ccc(NC(=O)c3ccc(COc4ccc(C(C)(C)C)cc4)o3)n2)c1. The van der Waals surface area contributed by atoms with Crippen molar-refractivity contribution in [1.29, 1.82) is 0 Å². The van der Waals surface area contributed by atoms with Crippen LogP contribution < -0.4 is 10.1 Å². The Bertz CT molecular complexity index is 1230. The summed E-state index contributed by atoms with van der Waals surface area (Å²) in [6.07, 6.45) is 1.84. The number of ether oxygens (including phenoxy) is 1. The van der Waals surface area contributed by atoms with Gasteiger partial charge in [-0.2, -0.15) is 5.10 Å². The van der Waals surface area contributed by atoms with E-state index < -0.39 is 0 Å². The van der Waals surface area contributed by atoms with Crippen LogP contribution in [0.4, 0.5) is 5.82 Å². The highest BCUT2D eigenvalue weighted by Gasteiger charge is 2.15. The third kappa shape index (κ3) is 5.92. The Morgan fingerprint density at radius 3 is 2.58 bits per heavy atom. The van der Waals surface area contributed by atoms with Crippen LogP contribution in [0.15, 0.2) is 77.3 Å². The van der Waals surface area contributed by atoms with Crippen molar-refractivity contribution in [2.75, 3.05) is 5.32 Å².